The molecule has 40 heavy (non-hydrogen) atoms. The summed E-state index contributed by atoms with van der Waals surface area (Å²) in [7, 11) is 6.05. The van der Waals surface area contributed by atoms with Crippen LogP contribution in [0.15, 0.2) is 65.9 Å². The van der Waals surface area contributed by atoms with Crippen LogP contribution in [-0.4, -0.2) is 61.0 Å². The Labute approximate surface area is 233 Å². The molecule has 9 heteroatoms. The van der Waals surface area contributed by atoms with Crippen molar-refractivity contribution in [2.75, 3.05) is 49.8 Å². The predicted octanol–water partition coefficient (Wildman–Crippen LogP) is 6.17. The normalized spacial score (nSPS) is 13.6. The monoisotopic (exact) mass is 542 g/mol. The van der Waals surface area contributed by atoms with E-state index in [2.05, 4.69) is 37.0 Å². The number of nitrogens with one attached hydrogen (secondary N) is 2. The van der Waals surface area contributed by atoms with Gasteiger partial charge < -0.3 is 24.9 Å². The quantitative estimate of drug-likeness (QED) is 0.232. The van der Waals surface area contributed by atoms with Gasteiger partial charge >= 0.3 is 0 Å². The number of benzene rings is 2. The Morgan fingerprint density at radius 3 is 2.50 bits per heavy atom. The van der Waals surface area contributed by atoms with Gasteiger partial charge in [-0.05, 0) is 75.0 Å². The molecule has 1 aliphatic carbocycles. The first-order valence-corrected chi connectivity index (χ1v) is 13.6. The van der Waals surface area contributed by atoms with E-state index in [0.717, 1.165) is 48.1 Å². The highest BCUT2D eigenvalue weighted by atomic mass is 19.1. The number of halogens is 1. The number of rotatable bonds is 10. The number of amides is 1. The molecule has 0 unspecified atom stereocenters. The summed E-state index contributed by atoms with van der Waals surface area (Å²) in [6.07, 6.45) is 7.27. The number of carbonyl (C=O) groups excluding carboxylic acids is 1. The zero-order valence-corrected chi connectivity index (χ0v) is 23.2. The van der Waals surface area contributed by atoms with Crippen molar-refractivity contribution in [2.45, 2.75) is 31.7 Å². The number of furan rings is 1. The van der Waals surface area contributed by atoms with Crippen LogP contribution in [0.2, 0.25) is 0 Å². The molecule has 1 amide bonds. The second-order valence-electron chi connectivity index (χ2n) is 10.5. The van der Waals surface area contributed by atoms with Crippen LogP contribution in [0.4, 0.5) is 21.6 Å². The third-order valence-corrected chi connectivity index (χ3v) is 7.31. The van der Waals surface area contributed by atoms with Crippen LogP contribution in [0.1, 0.15) is 25.7 Å². The van der Waals surface area contributed by atoms with Gasteiger partial charge in [-0.2, -0.15) is 0 Å². The number of hydrogen-bond donors (Lipinski definition) is 2. The minimum absolute atomic E-state index is 0.304. The van der Waals surface area contributed by atoms with Gasteiger partial charge in [0.25, 0.3) is 0 Å². The molecule has 2 N–H and O–H groups in total. The highest BCUT2D eigenvalue weighted by Crippen LogP contribution is 2.44. The first kappa shape index (κ1) is 27.3. The van der Waals surface area contributed by atoms with E-state index in [9.17, 15) is 9.18 Å². The average Bonchev–Trinajstić information content (AvgIpc) is 3.60. The van der Waals surface area contributed by atoms with Crippen molar-refractivity contribution >= 4 is 34.2 Å². The summed E-state index contributed by atoms with van der Waals surface area (Å²) in [4.78, 5) is 25.7. The van der Waals surface area contributed by atoms with Crippen LogP contribution >= 0.6 is 0 Å². The minimum Gasteiger partial charge on any atom is -0.437 e. The maximum Gasteiger partial charge on any atom is 0.247 e. The summed E-state index contributed by atoms with van der Waals surface area (Å²) in [6.45, 7) is 5.24. The van der Waals surface area contributed by atoms with Gasteiger partial charge in [0.2, 0.25) is 11.6 Å². The molecule has 2 aromatic heterocycles. The van der Waals surface area contributed by atoms with Crippen molar-refractivity contribution in [1.82, 2.24) is 14.9 Å². The van der Waals surface area contributed by atoms with E-state index in [1.54, 1.807) is 12.1 Å². The molecule has 8 nitrogen and oxygen atoms in total. The number of fused-ring (bicyclic) bond motifs is 1. The zero-order chi connectivity index (χ0) is 28.2. The van der Waals surface area contributed by atoms with E-state index in [1.165, 1.54) is 37.4 Å². The van der Waals surface area contributed by atoms with Crippen LogP contribution < -0.4 is 15.5 Å². The molecule has 0 bridgehead atoms. The predicted molar refractivity (Wildman–Crippen MR) is 159 cm³/mol. The Balaban J connectivity index is 1.69. The molecule has 208 valence electrons. The van der Waals surface area contributed by atoms with Crippen molar-refractivity contribution in [3.05, 3.63) is 67.3 Å². The van der Waals surface area contributed by atoms with Gasteiger partial charge in [0.15, 0.2) is 0 Å². The van der Waals surface area contributed by atoms with Crippen molar-refractivity contribution in [3.63, 3.8) is 0 Å². The Kier molecular flexibility index (Phi) is 8.11. The summed E-state index contributed by atoms with van der Waals surface area (Å²) in [5.74, 6) is 0.624. The van der Waals surface area contributed by atoms with Crippen molar-refractivity contribution in [2.24, 2.45) is 0 Å². The van der Waals surface area contributed by atoms with E-state index in [0.29, 0.717) is 34.6 Å². The Bertz CT molecular complexity index is 1510. The summed E-state index contributed by atoms with van der Waals surface area (Å²) in [5.41, 5.74) is 4.26. The van der Waals surface area contributed by atoms with Gasteiger partial charge in [0.05, 0.1) is 16.8 Å². The Morgan fingerprint density at radius 1 is 1.07 bits per heavy atom. The molecule has 4 aromatic rings. The summed E-state index contributed by atoms with van der Waals surface area (Å²) in [6, 6.07) is 12.5. The van der Waals surface area contributed by atoms with Gasteiger partial charge in [-0.25, -0.2) is 14.4 Å². The average molecular weight is 543 g/mol. The molecule has 1 saturated carbocycles. The molecule has 1 fully saturated rings. The van der Waals surface area contributed by atoms with Gasteiger partial charge in [0, 0.05) is 37.3 Å². The summed E-state index contributed by atoms with van der Waals surface area (Å²) in [5, 5.41) is 7.35. The fourth-order valence-electron chi connectivity index (χ4n) is 5.17. The van der Waals surface area contributed by atoms with E-state index in [1.807, 2.05) is 39.3 Å². The fourth-order valence-corrected chi connectivity index (χ4v) is 5.17. The lowest BCUT2D eigenvalue weighted by molar-refractivity contribution is -0.111. The number of aromatic nitrogens is 2. The van der Waals surface area contributed by atoms with Gasteiger partial charge in [-0.1, -0.05) is 25.5 Å². The van der Waals surface area contributed by atoms with Crippen molar-refractivity contribution in [1.29, 1.82) is 0 Å². The van der Waals surface area contributed by atoms with Gasteiger partial charge in [0.1, 0.15) is 23.7 Å². The number of likely N-dealkylation sites (N-methyl/N-ethyl adjacent to an activating group) is 2. The Morgan fingerprint density at radius 2 is 1.80 bits per heavy atom. The highest BCUT2D eigenvalue weighted by molar-refractivity contribution is 6.08. The standard InChI is InChI=1S/C31H35FN6O2/c1-5-26(39)36-24-18-21(12-15-25(24)38(4)17-16-37(2)3)27-28-30(35-23-8-6-7-9-23)33-19-34-31(28)40-29(27)20-10-13-22(32)14-11-20/h5,10-15,18-19,23H,1,6-9,16-17H2,2-4H3,(H,36,39)(H,33,34,35). The fraction of sp³-hybridized carbons (Fsp3) is 0.323. The molecule has 1 aliphatic rings. The smallest absolute Gasteiger partial charge is 0.247 e. The topological polar surface area (TPSA) is 86.5 Å². The molecular formula is C31H35FN6O2. The number of anilines is 3. The summed E-state index contributed by atoms with van der Waals surface area (Å²) < 4.78 is 20.2. The second-order valence-corrected chi connectivity index (χ2v) is 10.5. The molecule has 2 heterocycles. The van der Waals surface area contributed by atoms with E-state index >= 15 is 0 Å². The molecule has 2 aromatic carbocycles. The van der Waals surface area contributed by atoms with E-state index in [4.69, 9.17) is 4.42 Å². The SMILES string of the molecule is C=CC(=O)Nc1cc(-c2c(-c3ccc(F)cc3)oc3ncnc(NC4CCCC4)c23)ccc1N(C)CCN(C)C. The molecule has 0 saturated heterocycles. The van der Waals surface area contributed by atoms with E-state index < -0.39 is 0 Å². The van der Waals surface area contributed by atoms with Gasteiger partial charge in [-0.3, -0.25) is 4.79 Å². The van der Waals surface area contributed by atoms with Crippen LogP contribution in [0.25, 0.3) is 33.6 Å². The largest absolute Gasteiger partial charge is 0.437 e. The summed E-state index contributed by atoms with van der Waals surface area (Å²) >= 11 is 0. The maximum atomic E-state index is 13.8. The third kappa shape index (κ3) is 5.84. The number of carbonyl (C=O) groups is 1. The Hall–Kier alpha value is -4.24. The maximum absolute atomic E-state index is 13.8. The van der Waals surface area contributed by atoms with Crippen LogP contribution in [-0.2, 0) is 4.79 Å². The highest BCUT2D eigenvalue weighted by Gasteiger charge is 2.25. The number of nitrogens with zero attached hydrogens (tertiary/aromatic N) is 4. The lowest BCUT2D eigenvalue weighted by Crippen LogP contribution is -2.29. The third-order valence-electron chi connectivity index (χ3n) is 7.31. The van der Waals surface area contributed by atoms with Crippen LogP contribution in [0.5, 0.6) is 0 Å². The van der Waals surface area contributed by atoms with Crippen LogP contribution in [0.3, 0.4) is 0 Å². The van der Waals surface area contributed by atoms with Crippen LogP contribution in [0, 0.1) is 5.82 Å². The second kappa shape index (κ2) is 11.9. The first-order chi connectivity index (χ1) is 19.3. The lowest BCUT2D eigenvalue weighted by atomic mass is 9.98. The van der Waals surface area contributed by atoms with Crippen molar-refractivity contribution in [3.8, 4) is 22.5 Å². The molecule has 0 spiro atoms. The lowest BCUT2D eigenvalue weighted by Gasteiger charge is -2.25. The first-order valence-electron chi connectivity index (χ1n) is 13.6. The molecule has 0 aliphatic heterocycles. The minimum atomic E-state index is -0.329. The van der Waals surface area contributed by atoms with E-state index in [-0.39, 0.29) is 11.7 Å². The van der Waals surface area contributed by atoms with Gasteiger partial charge in [-0.15, -0.1) is 0 Å². The molecule has 0 atom stereocenters. The number of hydrogen-bond acceptors (Lipinski definition) is 7. The molecule has 0 radical (unpaired) electrons. The molecule has 5 rings (SSSR count). The molecular weight excluding hydrogens is 507 g/mol. The van der Waals surface area contributed by atoms with Crippen molar-refractivity contribution < 1.29 is 13.6 Å². The zero-order valence-electron chi connectivity index (χ0n) is 23.2.